The van der Waals surface area contributed by atoms with Gasteiger partial charge in [-0.3, -0.25) is 4.79 Å². The van der Waals surface area contributed by atoms with Gasteiger partial charge in [-0.15, -0.1) is 4.33 Å². The number of hydrogen-bond donors (Lipinski definition) is 1. The summed E-state index contributed by atoms with van der Waals surface area (Å²) in [5, 5.41) is 10.8. The van der Waals surface area contributed by atoms with Crippen molar-refractivity contribution in [1.29, 1.82) is 0 Å². The summed E-state index contributed by atoms with van der Waals surface area (Å²) in [6.45, 7) is 7.52. The highest BCUT2D eigenvalue weighted by molar-refractivity contribution is 8.08. The zero-order chi connectivity index (χ0) is 17.6. The van der Waals surface area contributed by atoms with Gasteiger partial charge < -0.3 is 4.18 Å². The van der Waals surface area contributed by atoms with Crippen LogP contribution in [0.3, 0.4) is 0 Å². The van der Waals surface area contributed by atoms with Gasteiger partial charge >= 0.3 is 10.1 Å². The van der Waals surface area contributed by atoms with E-state index in [1.54, 1.807) is 12.1 Å². The van der Waals surface area contributed by atoms with Gasteiger partial charge in [0, 0.05) is 5.56 Å². The Bertz CT molecular complexity index is 610. The van der Waals surface area contributed by atoms with Crippen molar-refractivity contribution >= 4 is 28.4 Å². The van der Waals surface area contributed by atoms with E-state index < -0.39 is 15.2 Å². The van der Waals surface area contributed by atoms with Gasteiger partial charge in [0.05, 0.1) is 12.0 Å². The summed E-state index contributed by atoms with van der Waals surface area (Å²) in [7, 11) is -3.98. The summed E-state index contributed by atoms with van der Waals surface area (Å²) in [6.07, 6.45) is 0.721. The van der Waals surface area contributed by atoms with Gasteiger partial charge in [-0.1, -0.05) is 32.7 Å². The van der Waals surface area contributed by atoms with Gasteiger partial charge in [0.25, 0.3) is 0 Å². The first kappa shape index (κ1) is 19.9. The third kappa shape index (κ3) is 5.78. The molecule has 0 aliphatic heterocycles. The van der Waals surface area contributed by atoms with E-state index in [1.807, 2.05) is 27.7 Å². The van der Waals surface area contributed by atoms with Crippen molar-refractivity contribution in [2.24, 2.45) is 0 Å². The van der Waals surface area contributed by atoms with E-state index in [1.165, 1.54) is 0 Å². The Morgan fingerprint density at radius 2 is 1.70 bits per heavy atom. The van der Waals surface area contributed by atoms with Gasteiger partial charge in [0.2, 0.25) is 0 Å². The summed E-state index contributed by atoms with van der Waals surface area (Å²) in [4.78, 5) is 11.1. The van der Waals surface area contributed by atoms with E-state index in [2.05, 4.69) is 9.37 Å². The molecule has 0 atom stereocenters. The fourth-order valence-corrected chi connectivity index (χ4v) is 3.28. The van der Waals surface area contributed by atoms with Crippen LogP contribution in [0.1, 0.15) is 61.0 Å². The Hall–Kier alpha value is -1.13. The van der Waals surface area contributed by atoms with E-state index in [0.29, 0.717) is 28.7 Å². The first-order chi connectivity index (χ1) is 10.7. The van der Waals surface area contributed by atoms with Crippen LogP contribution in [-0.2, 0) is 19.5 Å². The van der Waals surface area contributed by atoms with Crippen LogP contribution in [0.4, 0.5) is 0 Å². The Morgan fingerprint density at radius 3 is 2.09 bits per heavy atom. The summed E-state index contributed by atoms with van der Waals surface area (Å²) in [6, 6.07) is 3.24. The van der Waals surface area contributed by atoms with Gasteiger partial charge in [-0.05, 0) is 35.1 Å². The molecule has 23 heavy (non-hydrogen) atoms. The van der Waals surface area contributed by atoms with Crippen molar-refractivity contribution in [2.45, 2.75) is 39.5 Å². The molecule has 0 saturated carbocycles. The molecule has 9 heteroatoms. The van der Waals surface area contributed by atoms with Crippen LogP contribution < -0.4 is 4.18 Å². The lowest BCUT2D eigenvalue weighted by Crippen LogP contribution is -2.15. The Morgan fingerprint density at radius 1 is 1.17 bits per heavy atom. The van der Waals surface area contributed by atoms with Crippen LogP contribution in [0.5, 0.6) is 5.75 Å². The number of rotatable bonds is 9. The molecule has 7 nitrogen and oxygen atoms in total. The van der Waals surface area contributed by atoms with E-state index in [9.17, 15) is 13.2 Å². The maximum atomic E-state index is 12.0. The Kier molecular flexibility index (Phi) is 7.49. The smallest absolute Gasteiger partial charge is 0.321 e. The van der Waals surface area contributed by atoms with Crippen LogP contribution in [0.2, 0.25) is 0 Å². The van der Waals surface area contributed by atoms with Crippen LogP contribution in [-0.4, -0.2) is 25.0 Å². The van der Waals surface area contributed by atoms with Crippen LogP contribution in [0, 0.1) is 0 Å². The second-order valence-electron chi connectivity index (χ2n) is 5.48. The van der Waals surface area contributed by atoms with E-state index in [4.69, 9.17) is 9.44 Å². The number of hydrogen-bond acceptors (Lipinski definition) is 8. The van der Waals surface area contributed by atoms with Crippen molar-refractivity contribution in [3.63, 3.8) is 0 Å². The molecule has 1 rings (SSSR count). The maximum Gasteiger partial charge on any atom is 0.321 e. The molecule has 0 unspecified atom stereocenters. The molecule has 0 bridgehead atoms. The van der Waals surface area contributed by atoms with Crippen molar-refractivity contribution < 1.29 is 32.0 Å². The average molecular weight is 364 g/mol. The van der Waals surface area contributed by atoms with Crippen molar-refractivity contribution in [3.05, 3.63) is 28.8 Å². The third-order valence-corrected chi connectivity index (χ3v) is 5.15. The minimum Gasteiger partial charge on any atom is -0.381 e. The summed E-state index contributed by atoms with van der Waals surface area (Å²) < 4.78 is 33.4. The molecule has 0 heterocycles. The van der Waals surface area contributed by atoms with E-state index in [0.717, 1.165) is 6.29 Å². The van der Waals surface area contributed by atoms with Crippen LogP contribution in [0.25, 0.3) is 0 Å². The third-order valence-electron chi connectivity index (χ3n) is 3.03. The Labute approximate surface area is 140 Å². The molecule has 1 N–H and O–H groups in total. The van der Waals surface area contributed by atoms with Crippen LogP contribution in [0.15, 0.2) is 12.1 Å². The molecule has 0 aliphatic rings. The highest BCUT2D eigenvalue weighted by Gasteiger charge is 2.23. The maximum absolute atomic E-state index is 12.0. The molecule has 1 aromatic rings. The largest absolute Gasteiger partial charge is 0.381 e. The number of carbonyl (C=O) groups excluding carboxylic acids is 1. The molecule has 1 aromatic carbocycles. The molecule has 0 aromatic heterocycles. The minimum absolute atomic E-state index is 0.0396. The zero-order valence-corrected chi connectivity index (χ0v) is 14.9. The monoisotopic (exact) mass is 364 g/mol. The lowest BCUT2D eigenvalue weighted by molar-refractivity contribution is -0.432. The lowest BCUT2D eigenvalue weighted by Gasteiger charge is -2.20. The van der Waals surface area contributed by atoms with E-state index in [-0.39, 0.29) is 17.6 Å². The van der Waals surface area contributed by atoms with Gasteiger partial charge in [-0.2, -0.15) is 8.42 Å². The molecule has 0 radical (unpaired) electrons. The predicted molar refractivity (Wildman–Crippen MR) is 86.8 cm³/mol. The van der Waals surface area contributed by atoms with Gasteiger partial charge in [0.15, 0.2) is 5.08 Å². The standard InChI is InChI=1S/C14H20O7S2/c1-9(2)12-5-11(7-15)6-13(10(3)4)14(12)19-23(17,18)8-22-21-20-16/h5-7,9-10,16H,8H2,1-4H3. The lowest BCUT2D eigenvalue weighted by atomic mass is 9.92. The first-order valence-electron chi connectivity index (χ1n) is 6.86. The predicted octanol–water partition coefficient (Wildman–Crippen LogP) is 3.48. The average Bonchev–Trinajstić information content (AvgIpc) is 2.46. The fraction of sp³-hybridized carbons (Fsp3) is 0.500. The van der Waals surface area contributed by atoms with Crippen LogP contribution >= 0.6 is 12.0 Å². The summed E-state index contributed by atoms with van der Waals surface area (Å²) in [5.41, 5.74) is 1.73. The van der Waals surface area contributed by atoms with Crippen molar-refractivity contribution in [3.8, 4) is 5.75 Å². The minimum atomic E-state index is -3.98. The second-order valence-corrected chi connectivity index (χ2v) is 8.07. The highest BCUT2D eigenvalue weighted by Crippen LogP contribution is 2.36. The first-order valence-corrected chi connectivity index (χ1v) is 9.35. The number of carbonyl (C=O) groups is 1. The zero-order valence-electron chi connectivity index (χ0n) is 13.3. The van der Waals surface area contributed by atoms with E-state index >= 15 is 0 Å². The number of benzene rings is 1. The molecule has 130 valence electrons. The number of aldehydes is 1. The summed E-state index contributed by atoms with van der Waals surface area (Å²) in [5.74, 6) is 0.149. The molecule has 0 aliphatic carbocycles. The fourth-order valence-electron chi connectivity index (χ4n) is 1.97. The summed E-state index contributed by atoms with van der Waals surface area (Å²) >= 11 is 0.374. The molecule has 0 fully saturated rings. The topological polar surface area (TPSA) is 99.1 Å². The molecular weight excluding hydrogens is 344 g/mol. The molecule has 0 saturated heterocycles. The Balaban J connectivity index is 3.29. The van der Waals surface area contributed by atoms with Gasteiger partial charge in [0.1, 0.15) is 12.0 Å². The SMILES string of the molecule is CC(C)c1cc(C=O)cc(C(C)C)c1OS(=O)(=O)CSOOO. The van der Waals surface area contributed by atoms with Gasteiger partial charge in [-0.25, -0.2) is 5.26 Å². The molecular formula is C14H20O7S2. The molecule has 0 amide bonds. The highest BCUT2D eigenvalue weighted by atomic mass is 32.3. The normalized spacial score (nSPS) is 12.0. The second kappa shape index (κ2) is 8.65. The van der Waals surface area contributed by atoms with Crippen molar-refractivity contribution in [1.82, 2.24) is 0 Å². The van der Waals surface area contributed by atoms with Crippen molar-refractivity contribution in [2.75, 3.05) is 5.08 Å². The molecule has 0 spiro atoms. The quantitative estimate of drug-likeness (QED) is 0.178.